The van der Waals surface area contributed by atoms with E-state index >= 15 is 0 Å². The van der Waals surface area contributed by atoms with Crippen LogP contribution in [0.5, 0.6) is 0 Å². The van der Waals surface area contributed by atoms with E-state index in [9.17, 15) is 4.79 Å². The van der Waals surface area contributed by atoms with Crippen LogP contribution < -0.4 is 10.6 Å². The number of hydrogen-bond donors (Lipinski definition) is 2. The van der Waals surface area contributed by atoms with E-state index in [4.69, 9.17) is 4.74 Å². The van der Waals surface area contributed by atoms with E-state index in [1.165, 1.54) is 0 Å². The molecular weight excluding hydrogens is 397 g/mol. The molecule has 22 heavy (non-hydrogen) atoms. The molecule has 1 aliphatic heterocycles. The number of nitrogens with one attached hydrogen (secondary N) is 2. The van der Waals surface area contributed by atoms with Crippen LogP contribution in [0.25, 0.3) is 0 Å². The van der Waals surface area contributed by atoms with Crippen LogP contribution in [-0.4, -0.2) is 87.7 Å². The number of likely N-dealkylation sites (N-methyl/N-ethyl adjacent to an activating group) is 1. The van der Waals surface area contributed by atoms with Crippen molar-refractivity contribution >= 4 is 35.8 Å². The Morgan fingerprint density at radius 1 is 1.32 bits per heavy atom. The molecule has 1 rings (SSSR count). The van der Waals surface area contributed by atoms with Gasteiger partial charge in [0.15, 0.2) is 5.96 Å². The van der Waals surface area contributed by atoms with Gasteiger partial charge in [-0.1, -0.05) is 0 Å². The summed E-state index contributed by atoms with van der Waals surface area (Å²) in [6.45, 7) is 9.58. The van der Waals surface area contributed by atoms with Gasteiger partial charge in [-0.15, -0.1) is 24.0 Å². The molecule has 0 bridgehead atoms. The number of amides is 1. The van der Waals surface area contributed by atoms with Gasteiger partial charge in [0.2, 0.25) is 5.91 Å². The van der Waals surface area contributed by atoms with Crippen molar-refractivity contribution in [2.24, 2.45) is 4.99 Å². The number of carbonyl (C=O) groups is 1. The van der Waals surface area contributed by atoms with Crippen molar-refractivity contribution in [2.45, 2.75) is 19.9 Å². The third-order valence-electron chi connectivity index (χ3n) is 3.12. The number of guanidine groups is 1. The SMILES string of the molecule is CC(C)NC(=NCC(=O)N(C)C)NCCN1CCOCC1.I. The fourth-order valence-electron chi connectivity index (χ4n) is 1.87. The van der Waals surface area contributed by atoms with Gasteiger partial charge < -0.3 is 20.3 Å². The van der Waals surface area contributed by atoms with Crippen molar-refractivity contribution in [2.75, 3.05) is 60.0 Å². The summed E-state index contributed by atoms with van der Waals surface area (Å²) in [5.74, 6) is 0.682. The van der Waals surface area contributed by atoms with Crippen LogP contribution in [0.15, 0.2) is 4.99 Å². The van der Waals surface area contributed by atoms with Gasteiger partial charge >= 0.3 is 0 Å². The first-order chi connectivity index (χ1) is 9.99. The van der Waals surface area contributed by atoms with Crippen LogP contribution in [0.3, 0.4) is 0 Å². The highest BCUT2D eigenvalue weighted by atomic mass is 127. The number of hydrogen-bond acceptors (Lipinski definition) is 4. The van der Waals surface area contributed by atoms with Gasteiger partial charge in [0.05, 0.1) is 13.2 Å². The van der Waals surface area contributed by atoms with Crippen LogP contribution in [-0.2, 0) is 9.53 Å². The number of morpholine rings is 1. The Morgan fingerprint density at radius 3 is 2.50 bits per heavy atom. The Labute approximate surface area is 150 Å². The molecule has 1 amide bonds. The minimum Gasteiger partial charge on any atom is -0.379 e. The smallest absolute Gasteiger partial charge is 0.243 e. The number of halogens is 1. The predicted molar refractivity (Wildman–Crippen MR) is 99.9 cm³/mol. The summed E-state index contributed by atoms with van der Waals surface area (Å²) in [6, 6.07) is 0.272. The summed E-state index contributed by atoms with van der Waals surface area (Å²) in [6.07, 6.45) is 0. The second-order valence-corrected chi connectivity index (χ2v) is 5.63. The maximum absolute atomic E-state index is 11.6. The summed E-state index contributed by atoms with van der Waals surface area (Å²) in [5, 5.41) is 6.52. The molecule has 8 heteroatoms. The van der Waals surface area contributed by atoms with Crippen LogP contribution in [0, 0.1) is 0 Å². The van der Waals surface area contributed by atoms with Crippen molar-refractivity contribution in [3.8, 4) is 0 Å². The van der Waals surface area contributed by atoms with Crippen LogP contribution in [0.4, 0.5) is 0 Å². The van der Waals surface area contributed by atoms with Crippen molar-refractivity contribution in [1.82, 2.24) is 20.4 Å². The number of aliphatic imine (C=N–C) groups is 1. The minimum absolute atomic E-state index is 0. The van der Waals surface area contributed by atoms with Gasteiger partial charge in [0.1, 0.15) is 6.54 Å². The van der Waals surface area contributed by atoms with E-state index in [1.54, 1.807) is 19.0 Å². The molecule has 2 N–H and O–H groups in total. The normalized spacial score (nSPS) is 16.1. The molecule has 0 spiro atoms. The maximum atomic E-state index is 11.6. The maximum Gasteiger partial charge on any atom is 0.243 e. The molecule has 0 radical (unpaired) electrons. The molecule has 1 fully saturated rings. The molecule has 0 atom stereocenters. The molecule has 1 saturated heterocycles. The van der Waals surface area contributed by atoms with E-state index in [-0.39, 0.29) is 42.5 Å². The number of carbonyl (C=O) groups excluding carboxylic acids is 1. The largest absolute Gasteiger partial charge is 0.379 e. The third-order valence-corrected chi connectivity index (χ3v) is 3.12. The Bertz CT molecular complexity index is 344. The fraction of sp³-hybridized carbons (Fsp3) is 0.857. The lowest BCUT2D eigenvalue weighted by molar-refractivity contribution is -0.127. The summed E-state index contributed by atoms with van der Waals surface area (Å²) in [4.78, 5) is 19.8. The zero-order valence-electron chi connectivity index (χ0n) is 14.1. The lowest BCUT2D eigenvalue weighted by Crippen LogP contribution is -2.46. The van der Waals surface area contributed by atoms with Crippen LogP contribution in [0.2, 0.25) is 0 Å². The molecule has 7 nitrogen and oxygen atoms in total. The molecule has 0 unspecified atom stereocenters. The topological polar surface area (TPSA) is 69.2 Å². The van der Waals surface area contributed by atoms with Crippen molar-refractivity contribution in [3.05, 3.63) is 0 Å². The quantitative estimate of drug-likeness (QED) is 0.354. The first-order valence-electron chi connectivity index (χ1n) is 7.54. The molecule has 0 aliphatic carbocycles. The predicted octanol–water partition coefficient (Wildman–Crippen LogP) is -0.0316. The number of ether oxygens (including phenoxy) is 1. The molecule has 0 aromatic heterocycles. The molecular formula is C14H30IN5O2. The fourth-order valence-corrected chi connectivity index (χ4v) is 1.87. The minimum atomic E-state index is -0.00645. The average Bonchev–Trinajstić information content (AvgIpc) is 2.44. The third kappa shape index (κ3) is 9.42. The lowest BCUT2D eigenvalue weighted by Gasteiger charge is -2.27. The Hall–Kier alpha value is -0.610. The summed E-state index contributed by atoms with van der Waals surface area (Å²) < 4.78 is 5.33. The highest BCUT2D eigenvalue weighted by Crippen LogP contribution is 1.94. The van der Waals surface area contributed by atoms with Crippen LogP contribution >= 0.6 is 24.0 Å². The zero-order chi connectivity index (χ0) is 15.7. The van der Waals surface area contributed by atoms with Gasteiger partial charge in [-0.05, 0) is 13.8 Å². The van der Waals surface area contributed by atoms with E-state index in [2.05, 4.69) is 20.5 Å². The average molecular weight is 427 g/mol. The van der Waals surface area contributed by atoms with E-state index in [0.717, 1.165) is 39.4 Å². The zero-order valence-corrected chi connectivity index (χ0v) is 16.4. The Balaban J connectivity index is 0.00000441. The summed E-state index contributed by atoms with van der Waals surface area (Å²) in [5.41, 5.74) is 0. The Kier molecular flexibility index (Phi) is 11.6. The monoisotopic (exact) mass is 427 g/mol. The molecule has 0 aromatic rings. The first-order valence-corrected chi connectivity index (χ1v) is 7.54. The summed E-state index contributed by atoms with van der Waals surface area (Å²) in [7, 11) is 3.47. The van der Waals surface area contributed by atoms with Crippen molar-refractivity contribution < 1.29 is 9.53 Å². The van der Waals surface area contributed by atoms with Gasteiger partial charge in [0, 0.05) is 46.3 Å². The van der Waals surface area contributed by atoms with Gasteiger partial charge in [-0.25, -0.2) is 4.99 Å². The number of rotatable bonds is 6. The second-order valence-electron chi connectivity index (χ2n) is 5.63. The standard InChI is InChI=1S/C14H29N5O2.HI/c1-12(2)17-14(16-11-13(20)18(3)4)15-5-6-19-7-9-21-10-8-19;/h12H,5-11H2,1-4H3,(H2,15,16,17);1H. The van der Waals surface area contributed by atoms with E-state index in [1.807, 2.05) is 13.8 Å². The van der Waals surface area contributed by atoms with Crippen LogP contribution in [0.1, 0.15) is 13.8 Å². The van der Waals surface area contributed by atoms with Gasteiger partial charge in [0.25, 0.3) is 0 Å². The molecule has 0 saturated carbocycles. The highest BCUT2D eigenvalue weighted by Gasteiger charge is 2.10. The summed E-state index contributed by atoms with van der Waals surface area (Å²) >= 11 is 0. The van der Waals surface area contributed by atoms with E-state index in [0.29, 0.717) is 5.96 Å². The van der Waals surface area contributed by atoms with Gasteiger partial charge in [-0.3, -0.25) is 9.69 Å². The van der Waals surface area contributed by atoms with Crippen molar-refractivity contribution in [1.29, 1.82) is 0 Å². The molecule has 1 aliphatic rings. The van der Waals surface area contributed by atoms with Gasteiger partial charge in [-0.2, -0.15) is 0 Å². The first kappa shape index (κ1) is 21.4. The lowest BCUT2D eigenvalue weighted by atomic mass is 10.4. The van der Waals surface area contributed by atoms with E-state index < -0.39 is 0 Å². The highest BCUT2D eigenvalue weighted by molar-refractivity contribution is 14.0. The van der Waals surface area contributed by atoms with Crippen molar-refractivity contribution in [3.63, 3.8) is 0 Å². The Morgan fingerprint density at radius 2 is 1.95 bits per heavy atom. The second kappa shape index (κ2) is 11.9. The number of nitrogens with zero attached hydrogens (tertiary/aromatic N) is 3. The molecule has 130 valence electrons. The molecule has 0 aromatic carbocycles. The molecule has 1 heterocycles.